The molecular formula is C37H46N2. The van der Waals surface area contributed by atoms with Crippen molar-refractivity contribution in [2.24, 2.45) is 5.92 Å². The van der Waals surface area contributed by atoms with Crippen molar-refractivity contribution in [3.05, 3.63) is 108 Å². The van der Waals surface area contributed by atoms with Crippen LogP contribution < -0.4 is 10.6 Å². The lowest BCUT2D eigenvalue weighted by Crippen LogP contribution is -2.34. The predicted octanol–water partition coefficient (Wildman–Crippen LogP) is 9.52. The summed E-state index contributed by atoms with van der Waals surface area (Å²) in [7, 11) is 0. The molecule has 2 heteroatoms. The summed E-state index contributed by atoms with van der Waals surface area (Å²) in [6, 6.07) is 26.5. The number of hydrogen-bond donors (Lipinski definition) is 2. The molecule has 0 aliphatic heterocycles. The molecule has 2 nitrogen and oxygen atoms in total. The Labute approximate surface area is 236 Å². The molecule has 0 saturated heterocycles. The van der Waals surface area contributed by atoms with Gasteiger partial charge in [-0.1, -0.05) is 86.8 Å². The zero-order valence-corrected chi connectivity index (χ0v) is 25.0. The standard InChI is InChI=1S/C37H46N2/c1-25(22-32-21-20-28-14-12-13-17-33(28)35(32)27(3)39-37(7,8)9)18-19-31-23-29-15-10-11-16-30(29)24-34(31)26(2)38-36(4,5)6/h10-17,20-21,23-25,38-39H,2-3,18-19,22H2,1,4-9H3. The van der Waals surface area contributed by atoms with Crippen LogP contribution in [0.25, 0.3) is 32.9 Å². The van der Waals surface area contributed by atoms with Crippen molar-refractivity contribution in [1.29, 1.82) is 0 Å². The number of aryl methyl sites for hydroxylation is 1. The minimum absolute atomic E-state index is 0.0384. The Morgan fingerprint density at radius 1 is 0.692 bits per heavy atom. The molecule has 4 aromatic carbocycles. The molecular weight excluding hydrogens is 472 g/mol. The molecule has 0 aliphatic carbocycles. The third-order valence-corrected chi connectivity index (χ3v) is 7.14. The van der Waals surface area contributed by atoms with Gasteiger partial charge in [0.2, 0.25) is 0 Å². The van der Waals surface area contributed by atoms with E-state index in [1.807, 2.05) is 0 Å². The van der Waals surface area contributed by atoms with Gasteiger partial charge in [0.15, 0.2) is 0 Å². The van der Waals surface area contributed by atoms with Crippen molar-refractivity contribution >= 4 is 32.9 Å². The fourth-order valence-electron chi connectivity index (χ4n) is 5.53. The van der Waals surface area contributed by atoms with E-state index in [0.29, 0.717) is 5.92 Å². The molecule has 2 N–H and O–H groups in total. The molecule has 0 fully saturated rings. The van der Waals surface area contributed by atoms with Gasteiger partial charge in [-0.15, -0.1) is 0 Å². The van der Waals surface area contributed by atoms with Crippen LogP contribution in [0.1, 0.15) is 77.1 Å². The average Bonchev–Trinajstić information content (AvgIpc) is 2.84. The molecule has 4 rings (SSSR count). The highest BCUT2D eigenvalue weighted by Gasteiger charge is 2.19. The van der Waals surface area contributed by atoms with Crippen molar-refractivity contribution in [2.75, 3.05) is 0 Å². The Balaban J connectivity index is 1.60. The third kappa shape index (κ3) is 7.32. The van der Waals surface area contributed by atoms with E-state index < -0.39 is 0 Å². The summed E-state index contributed by atoms with van der Waals surface area (Å²) in [6.07, 6.45) is 3.12. The van der Waals surface area contributed by atoms with E-state index in [-0.39, 0.29) is 11.1 Å². The van der Waals surface area contributed by atoms with Gasteiger partial charge < -0.3 is 10.6 Å². The highest BCUT2D eigenvalue weighted by molar-refractivity contribution is 5.94. The lowest BCUT2D eigenvalue weighted by molar-refractivity contribution is 0.499. The van der Waals surface area contributed by atoms with Crippen LogP contribution in [0.4, 0.5) is 0 Å². The first-order valence-electron chi connectivity index (χ1n) is 14.3. The van der Waals surface area contributed by atoms with E-state index in [0.717, 1.165) is 30.7 Å². The summed E-state index contributed by atoms with van der Waals surface area (Å²) >= 11 is 0. The van der Waals surface area contributed by atoms with E-state index in [1.165, 1.54) is 43.8 Å². The summed E-state index contributed by atoms with van der Waals surface area (Å²) in [5.74, 6) is 0.510. The maximum Gasteiger partial charge on any atom is 0.0353 e. The second-order valence-corrected chi connectivity index (χ2v) is 13.2. The van der Waals surface area contributed by atoms with Crippen molar-refractivity contribution in [3.63, 3.8) is 0 Å². The minimum Gasteiger partial charge on any atom is -0.380 e. The van der Waals surface area contributed by atoms with Crippen LogP contribution >= 0.6 is 0 Å². The van der Waals surface area contributed by atoms with Crippen molar-refractivity contribution in [3.8, 4) is 0 Å². The van der Waals surface area contributed by atoms with E-state index >= 15 is 0 Å². The second kappa shape index (κ2) is 11.3. The first-order chi connectivity index (χ1) is 18.3. The average molecular weight is 519 g/mol. The molecule has 1 unspecified atom stereocenters. The summed E-state index contributed by atoms with van der Waals surface area (Å²) in [5.41, 5.74) is 7.12. The first kappa shape index (κ1) is 28.5. The van der Waals surface area contributed by atoms with E-state index in [1.54, 1.807) is 0 Å². The molecule has 0 heterocycles. The van der Waals surface area contributed by atoms with Gasteiger partial charge in [0.05, 0.1) is 0 Å². The molecule has 0 saturated carbocycles. The maximum atomic E-state index is 4.48. The van der Waals surface area contributed by atoms with Crippen molar-refractivity contribution in [2.45, 2.75) is 78.8 Å². The zero-order chi connectivity index (χ0) is 28.4. The summed E-state index contributed by atoms with van der Waals surface area (Å²) in [5, 5.41) is 12.3. The van der Waals surface area contributed by atoms with Gasteiger partial charge in [0.1, 0.15) is 0 Å². The quantitative estimate of drug-likeness (QED) is 0.230. The fourth-order valence-corrected chi connectivity index (χ4v) is 5.53. The molecule has 0 aromatic heterocycles. The molecule has 204 valence electrons. The van der Waals surface area contributed by atoms with Gasteiger partial charge in [-0.3, -0.25) is 0 Å². The van der Waals surface area contributed by atoms with Crippen LogP contribution in [0.5, 0.6) is 0 Å². The van der Waals surface area contributed by atoms with E-state index in [9.17, 15) is 0 Å². The lowest BCUT2D eigenvalue weighted by atomic mass is 9.87. The van der Waals surface area contributed by atoms with Crippen LogP contribution in [-0.4, -0.2) is 11.1 Å². The van der Waals surface area contributed by atoms with Gasteiger partial charge in [-0.05, 0) is 105 Å². The first-order valence-corrected chi connectivity index (χ1v) is 14.3. The molecule has 0 amide bonds. The Bertz CT molecular complexity index is 1490. The second-order valence-electron chi connectivity index (χ2n) is 13.2. The zero-order valence-electron chi connectivity index (χ0n) is 25.0. The Morgan fingerprint density at radius 3 is 1.90 bits per heavy atom. The predicted molar refractivity (Wildman–Crippen MR) is 173 cm³/mol. The molecule has 0 radical (unpaired) electrons. The van der Waals surface area contributed by atoms with Gasteiger partial charge in [-0.2, -0.15) is 0 Å². The third-order valence-electron chi connectivity index (χ3n) is 7.14. The molecule has 1 atom stereocenters. The van der Waals surface area contributed by atoms with Gasteiger partial charge in [0, 0.05) is 33.6 Å². The highest BCUT2D eigenvalue weighted by Crippen LogP contribution is 2.32. The maximum absolute atomic E-state index is 4.48. The van der Waals surface area contributed by atoms with Crippen molar-refractivity contribution < 1.29 is 0 Å². The van der Waals surface area contributed by atoms with Crippen LogP contribution in [0, 0.1) is 5.92 Å². The van der Waals surface area contributed by atoms with E-state index in [2.05, 4.69) is 145 Å². The molecule has 0 spiro atoms. The number of nitrogens with one attached hydrogen (secondary N) is 2. The lowest BCUT2D eigenvalue weighted by Gasteiger charge is -2.27. The van der Waals surface area contributed by atoms with Crippen molar-refractivity contribution in [1.82, 2.24) is 10.6 Å². The van der Waals surface area contributed by atoms with E-state index in [4.69, 9.17) is 0 Å². The summed E-state index contributed by atoms with van der Waals surface area (Å²) in [6.45, 7) is 24.4. The van der Waals surface area contributed by atoms with Crippen LogP contribution in [0.15, 0.2) is 86.0 Å². The molecule has 0 bridgehead atoms. The SMILES string of the molecule is C=C(NC(C)(C)C)c1cc2ccccc2cc1CCC(C)Cc1ccc2ccccc2c1C(=C)NC(C)(C)C. The van der Waals surface area contributed by atoms with Crippen LogP contribution in [-0.2, 0) is 12.8 Å². The van der Waals surface area contributed by atoms with Gasteiger partial charge >= 0.3 is 0 Å². The van der Waals surface area contributed by atoms with Crippen LogP contribution in [0.3, 0.4) is 0 Å². The topological polar surface area (TPSA) is 24.1 Å². The van der Waals surface area contributed by atoms with Gasteiger partial charge in [0.25, 0.3) is 0 Å². The smallest absolute Gasteiger partial charge is 0.0353 e. The molecule has 4 aromatic rings. The number of benzene rings is 4. The Hall–Kier alpha value is -3.52. The van der Waals surface area contributed by atoms with Gasteiger partial charge in [-0.25, -0.2) is 0 Å². The number of rotatable bonds is 9. The molecule has 39 heavy (non-hydrogen) atoms. The Morgan fingerprint density at radius 2 is 1.26 bits per heavy atom. The Kier molecular flexibility index (Phi) is 8.25. The summed E-state index contributed by atoms with van der Waals surface area (Å²) in [4.78, 5) is 0. The highest BCUT2D eigenvalue weighted by atomic mass is 15.0. The fraction of sp³-hybridized carbons (Fsp3) is 0.351. The minimum atomic E-state index is -0.0487. The largest absolute Gasteiger partial charge is 0.380 e. The monoisotopic (exact) mass is 518 g/mol. The summed E-state index contributed by atoms with van der Waals surface area (Å²) < 4.78 is 0. The number of fused-ring (bicyclic) bond motifs is 2. The number of hydrogen-bond acceptors (Lipinski definition) is 2. The van der Waals surface area contributed by atoms with Crippen LogP contribution in [0.2, 0.25) is 0 Å². The molecule has 0 aliphatic rings. The normalized spacial score (nSPS) is 12.9.